The van der Waals surface area contributed by atoms with Crippen molar-refractivity contribution >= 4 is 22.5 Å². The fourth-order valence-corrected chi connectivity index (χ4v) is 6.92. The van der Waals surface area contributed by atoms with Gasteiger partial charge >= 0.3 is 0 Å². The molecule has 0 radical (unpaired) electrons. The Hall–Kier alpha value is -5.02. The molecule has 4 heterocycles. The topological polar surface area (TPSA) is 118 Å². The Morgan fingerprint density at radius 2 is 1.93 bits per heavy atom. The first-order valence-electron chi connectivity index (χ1n) is 15.7. The molecule has 0 saturated carbocycles. The van der Waals surface area contributed by atoms with Crippen LogP contribution in [0.3, 0.4) is 0 Å². The molecule has 1 fully saturated rings. The molecule has 0 spiro atoms. The molecule has 7 rings (SSSR count). The minimum atomic E-state index is -0.314. The maximum atomic E-state index is 14.2. The third-order valence-electron chi connectivity index (χ3n) is 9.31. The van der Waals surface area contributed by atoms with E-state index in [2.05, 4.69) is 76.8 Å². The van der Waals surface area contributed by atoms with E-state index in [1.165, 1.54) is 6.20 Å². The van der Waals surface area contributed by atoms with Crippen molar-refractivity contribution in [3.8, 4) is 28.3 Å². The highest BCUT2D eigenvalue weighted by Gasteiger charge is 2.38. The number of likely N-dealkylation sites (N-methyl/N-ethyl adjacent to an activating group) is 1. The number of carbonyl (C=O) groups is 1. The maximum Gasteiger partial charge on any atom is 0.245 e. The first-order valence-corrected chi connectivity index (χ1v) is 15.7. The molecule has 2 aliphatic rings. The lowest BCUT2D eigenvalue weighted by molar-refractivity contribution is -0.138. The predicted octanol–water partition coefficient (Wildman–Crippen LogP) is 6.01. The van der Waals surface area contributed by atoms with Gasteiger partial charge in [0.25, 0.3) is 0 Å². The molecule has 230 valence electrons. The number of hydrogen-bond donors (Lipinski definition) is 3. The Bertz CT molecular complexity index is 1890. The van der Waals surface area contributed by atoms with E-state index in [4.69, 9.17) is 21.2 Å². The van der Waals surface area contributed by atoms with Crippen molar-refractivity contribution < 1.29 is 9.53 Å². The summed E-state index contributed by atoms with van der Waals surface area (Å²) in [6.07, 6.45) is 5.12. The van der Waals surface area contributed by atoms with Crippen molar-refractivity contribution in [1.29, 1.82) is 0 Å². The summed E-state index contributed by atoms with van der Waals surface area (Å²) in [6.45, 7) is 6.96. The number of imidazole rings is 1. The number of nitrogens with two attached hydrogens (primary N) is 2. The summed E-state index contributed by atoms with van der Waals surface area (Å²) in [5.41, 5.74) is 19.3. The number of carbonyl (C=O) groups excluding carboxylic acids is 1. The van der Waals surface area contributed by atoms with Crippen molar-refractivity contribution in [1.82, 2.24) is 24.3 Å². The van der Waals surface area contributed by atoms with Crippen LogP contribution in [0.5, 0.6) is 5.75 Å². The molecule has 1 saturated heterocycles. The number of ether oxygens (including phenoxy) is 1. The SMILES string of the molecule is CCN(CC)C(C(=O)N1CCCC1c1ncc(-c2ccc3c(c2)OCn2c-3cc3cc(/C(N)=C/N)ccc32)[nH]1)c1ccccc1. The van der Waals surface area contributed by atoms with Crippen LogP contribution in [0, 0.1) is 0 Å². The monoisotopic (exact) mass is 601 g/mol. The zero-order chi connectivity index (χ0) is 31.1. The standard InChI is InChI=1S/C36H39N7O2/c1-3-41(4-2)34(23-9-6-5-7-10-23)36(44)42-16-8-11-31(42)35-39-21-29(40-35)25-12-14-27-32-18-26-17-24(28(38)20-37)13-15-30(26)43(32)22-45-33(27)19-25/h5-7,9-10,12-15,17-21,31,34H,3-4,8,11,16,22,37-38H2,1-2H3,(H,39,40)/b28-20-. The van der Waals surface area contributed by atoms with Crippen LogP contribution in [0.25, 0.3) is 39.1 Å². The van der Waals surface area contributed by atoms with Gasteiger partial charge in [0, 0.05) is 29.3 Å². The third kappa shape index (κ3) is 5.03. The number of nitrogens with one attached hydrogen (secondary N) is 1. The largest absolute Gasteiger partial charge is 0.472 e. The zero-order valence-electron chi connectivity index (χ0n) is 25.7. The van der Waals surface area contributed by atoms with E-state index >= 15 is 0 Å². The van der Waals surface area contributed by atoms with Gasteiger partial charge in [0.05, 0.1) is 34.8 Å². The number of aromatic nitrogens is 3. The van der Waals surface area contributed by atoms with Crippen LogP contribution in [-0.4, -0.2) is 49.9 Å². The van der Waals surface area contributed by atoms with Crippen LogP contribution >= 0.6 is 0 Å². The molecule has 0 aliphatic carbocycles. The van der Waals surface area contributed by atoms with Gasteiger partial charge in [-0.15, -0.1) is 0 Å². The Balaban J connectivity index is 1.16. The number of fused-ring (bicyclic) bond motifs is 5. The fourth-order valence-electron chi connectivity index (χ4n) is 6.92. The van der Waals surface area contributed by atoms with E-state index in [1.807, 2.05) is 35.4 Å². The Morgan fingerprint density at radius 1 is 1.11 bits per heavy atom. The van der Waals surface area contributed by atoms with Gasteiger partial charge in [0.15, 0.2) is 6.73 Å². The third-order valence-corrected chi connectivity index (χ3v) is 9.31. The first-order chi connectivity index (χ1) is 22.0. The smallest absolute Gasteiger partial charge is 0.245 e. The number of likely N-dealkylation sites (tertiary alicyclic amines) is 1. The summed E-state index contributed by atoms with van der Waals surface area (Å²) >= 11 is 0. The minimum absolute atomic E-state index is 0.0920. The predicted molar refractivity (Wildman–Crippen MR) is 178 cm³/mol. The number of hydrogen-bond acceptors (Lipinski definition) is 6. The Labute approximate surface area is 263 Å². The van der Waals surface area contributed by atoms with E-state index in [-0.39, 0.29) is 18.0 Å². The van der Waals surface area contributed by atoms with Gasteiger partial charge in [0.1, 0.15) is 17.6 Å². The highest BCUT2D eigenvalue weighted by molar-refractivity contribution is 5.91. The highest BCUT2D eigenvalue weighted by Crippen LogP contribution is 2.41. The average Bonchev–Trinajstić information content (AvgIpc) is 3.85. The second kappa shape index (κ2) is 11.8. The van der Waals surface area contributed by atoms with Gasteiger partial charge < -0.3 is 30.7 Å². The number of rotatable bonds is 8. The number of benzene rings is 3. The van der Waals surface area contributed by atoms with Gasteiger partial charge in [-0.25, -0.2) is 4.98 Å². The van der Waals surface area contributed by atoms with Crippen molar-refractivity contribution in [2.45, 2.75) is 45.5 Å². The lowest BCUT2D eigenvalue weighted by Crippen LogP contribution is -2.43. The van der Waals surface area contributed by atoms with Crippen molar-refractivity contribution in [2.75, 3.05) is 19.6 Å². The van der Waals surface area contributed by atoms with Crippen molar-refractivity contribution in [2.24, 2.45) is 11.5 Å². The van der Waals surface area contributed by atoms with Gasteiger partial charge in [-0.1, -0.05) is 56.3 Å². The molecule has 9 nitrogen and oxygen atoms in total. The number of H-pyrrole nitrogens is 1. The summed E-state index contributed by atoms with van der Waals surface area (Å²) in [6, 6.07) is 24.2. The van der Waals surface area contributed by atoms with Crippen LogP contribution in [0.1, 0.15) is 55.7 Å². The average molecular weight is 602 g/mol. The molecule has 2 unspecified atom stereocenters. The number of amides is 1. The van der Waals surface area contributed by atoms with E-state index < -0.39 is 0 Å². The van der Waals surface area contributed by atoms with Crippen molar-refractivity contribution in [3.05, 3.63) is 102 Å². The summed E-state index contributed by atoms with van der Waals surface area (Å²) < 4.78 is 8.43. The van der Waals surface area contributed by atoms with Crippen LogP contribution in [0.2, 0.25) is 0 Å². The molecule has 1 amide bonds. The van der Waals surface area contributed by atoms with Crippen LogP contribution in [0.15, 0.2) is 85.2 Å². The number of aromatic amines is 1. The summed E-state index contributed by atoms with van der Waals surface area (Å²) in [5, 5.41) is 1.08. The first kappa shape index (κ1) is 28.7. The molecule has 3 aromatic carbocycles. The van der Waals surface area contributed by atoms with Gasteiger partial charge in [-0.3, -0.25) is 9.69 Å². The molecule has 45 heavy (non-hydrogen) atoms. The highest BCUT2D eigenvalue weighted by atomic mass is 16.5. The van der Waals surface area contributed by atoms with Crippen LogP contribution in [-0.2, 0) is 11.5 Å². The molecule has 2 atom stereocenters. The molecule has 5 aromatic rings. The normalized spacial score (nSPS) is 16.9. The maximum absolute atomic E-state index is 14.2. The molecule has 5 N–H and O–H groups in total. The van der Waals surface area contributed by atoms with Crippen molar-refractivity contribution in [3.63, 3.8) is 0 Å². The Morgan fingerprint density at radius 3 is 2.71 bits per heavy atom. The minimum Gasteiger partial charge on any atom is -0.472 e. The zero-order valence-corrected chi connectivity index (χ0v) is 25.7. The van der Waals surface area contributed by atoms with Gasteiger partial charge in [-0.2, -0.15) is 0 Å². The Kier molecular flexibility index (Phi) is 7.55. The summed E-state index contributed by atoms with van der Waals surface area (Å²) in [5.74, 6) is 1.78. The number of nitrogens with zero attached hydrogens (tertiary/aromatic N) is 4. The lowest BCUT2D eigenvalue weighted by Gasteiger charge is -2.34. The summed E-state index contributed by atoms with van der Waals surface area (Å²) in [7, 11) is 0. The van der Waals surface area contributed by atoms with Crippen LogP contribution < -0.4 is 16.2 Å². The molecular formula is C36H39N7O2. The summed E-state index contributed by atoms with van der Waals surface area (Å²) in [4.78, 5) is 26.8. The molecule has 2 aliphatic heterocycles. The molecule has 0 bridgehead atoms. The molecule has 9 heteroatoms. The fraction of sp³-hybridized carbons (Fsp3) is 0.278. The van der Waals surface area contributed by atoms with E-state index in [1.54, 1.807) is 0 Å². The second-order valence-electron chi connectivity index (χ2n) is 11.7. The van der Waals surface area contributed by atoms with E-state index in [0.717, 1.165) is 88.6 Å². The van der Waals surface area contributed by atoms with Gasteiger partial charge in [0.2, 0.25) is 5.91 Å². The quantitative estimate of drug-likeness (QED) is 0.200. The van der Waals surface area contributed by atoms with Crippen LogP contribution in [0.4, 0.5) is 0 Å². The van der Waals surface area contributed by atoms with E-state index in [9.17, 15) is 4.79 Å². The van der Waals surface area contributed by atoms with Gasteiger partial charge in [-0.05, 0) is 67.4 Å². The van der Waals surface area contributed by atoms with E-state index in [0.29, 0.717) is 12.4 Å². The second-order valence-corrected chi connectivity index (χ2v) is 11.7. The molecular weight excluding hydrogens is 562 g/mol. The molecule has 2 aromatic heterocycles. The lowest BCUT2D eigenvalue weighted by atomic mass is 10.0.